The maximum absolute atomic E-state index is 16.0. The maximum Gasteiger partial charge on any atom is 0.306 e. The van der Waals surface area contributed by atoms with Gasteiger partial charge in [0, 0.05) is 47.5 Å². The van der Waals surface area contributed by atoms with Gasteiger partial charge in [0.2, 0.25) is 0 Å². The van der Waals surface area contributed by atoms with Crippen LogP contribution in [0.15, 0.2) is 54.9 Å². The van der Waals surface area contributed by atoms with E-state index in [0.717, 1.165) is 24.0 Å². The van der Waals surface area contributed by atoms with Gasteiger partial charge < -0.3 is 28.9 Å². The molecule has 4 heterocycles. The maximum atomic E-state index is 16.0. The van der Waals surface area contributed by atoms with E-state index in [2.05, 4.69) is 15.0 Å². The SMILES string of the molecule is CCOC(=O)CCc1cccc2c1OCCC2(C)c1cnc(-c2cc(C(OC3CCCCO3)c3c(F)c(F)c4[nH]ccc4c3F)ccc2F)[nH]1. The number of aromatic amines is 2. The van der Waals surface area contributed by atoms with E-state index in [1.165, 1.54) is 30.5 Å². The van der Waals surface area contributed by atoms with Crippen LogP contribution in [0.4, 0.5) is 17.6 Å². The molecule has 0 amide bonds. The molecule has 0 radical (unpaired) electrons. The van der Waals surface area contributed by atoms with E-state index in [-0.39, 0.29) is 40.2 Å². The van der Waals surface area contributed by atoms with Crippen LogP contribution >= 0.6 is 0 Å². The number of aryl methyl sites for hydroxylation is 1. The van der Waals surface area contributed by atoms with Crippen molar-refractivity contribution in [2.24, 2.45) is 0 Å². The summed E-state index contributed by atoms with van der Waals surface area (Å²) in [5.41, 5.74) is 1.16. The molecular weight excluding hydrogens is 654 g/mol. The second kappa shape index (κ2) is 13.9. The summed E-state index contributed by atoms with van der Waals surface area (Å²) in [5.74, 6) is -3.67. The third kappa shape index (κ3) is 6.15. The Kier molecular flexibility index (Phi) is 9.40. The molecule has 7 rings (SSSR count). The van der Waals surface area contributed by atoms with Crippen LogP contribution in [-0.2, 0) is 30.8 Å². The predicted molar refractivity (Wildman–Crippen MR) is 177 cm³/mol. The molecule has 12 heteroatoms. The van der Waals surface area contributed by atoms with Crippen molar-refractivity contribution in [3.63, 3.8) is 0 Å². The molecule has 262 valence electrons. The summed E-state index contributed by atoms with van der Waals surface area (Å²) < 4.78 is 85.7. The van der Waals surface area contributed by atoms with Gasteiger partial charge in [0.1, 0.15) is 29.3 Å². The Morgan fingerprint density at radius 1 is 1.08 bits per heavy atom. The molecule has 2 N–H and O–H groups in total. The van der Waals surface area contributed by atoms with E-state index >= 15 is 17.6 Å². The molecule has 1 fully saturated rings. The van der Waals surface area contributed by atoms with Crippen molar-refractivity contribution in [1.29, 1.82) is 0 Å². The van der Waals surface area contributed by atoms with Crippen molar-refractivity contribution in [3.05, 3.63) is 106 Å². The fourth-order valence-corrected chi connectivity index (χ4v) is 6.97. The largest absolute Gasteiger partial charge is 0.493 e. The van der Waals surface area contributed by atoms with E-state index in [9.17, 15) is 4.79 Å². The lowest BCUT2D eigenvalue weighted by molar-refractivity contribution is -0.182. The average molecular weight is 692 g/mol. The number of esters is 1. The highest BCUT2D eigenvalue weighted by atomic mass is 19.2. The fraction of sp³-hybridized carbons (Fsp3) is 0.368. The highest BCUT2D eigenvalue weighted by molar-refractivity contribution is 5.82. The van der Waals surface area contributed by atoms with Gasteiger partial charge in [-0.1, -0.05) is 24.3 Å². The van der Waals surface area contributed by atoms with Gasteiger partial charge in [0.15, 0.2) is 17.9 Å². The minimum atomic E-state index is -1.46. The summed E-state index contributed by atoms with van der Waals surface area (Å²) in [4.78, 5) is 22.4. The van der Waals surface area contributed by atoms with E-state index < -0.39 is 46.6 Å². The van der Waals surface area contributed by atoms with Crippen LogP contribution in [-0.4, -0.2) is 47.0 Å². The van der Waals surface area contributed by atoms with E-state index in [0.29, 0.717) is 50.5 Å². The molecule has 8 nitrogen and oxygen atoms in total. The van der Waals surface area contributed by atoms with E-state index in [1.54, 1.807) is 13.1 Å². The Morgan fingerprint density at radius 2 is 1.94 bits per heavy atom. The van der Waals surface area contributed by atoms with Crippen LogP contribution in [0.1, 0.15) is 80.0 Å². The van der Waals surface area contributed by atoms with Crippen LogP contribution in [0.2, 0.25) is 0 Å². The fourth-order valence-electron chi connectivity index (χ4n) is 6.97. The van der Waals surface area contributed by atoms with Gasteiger partial charge in [-0.25, -0.2) is 22.5 Å². The summed E-state index contributed by atoms with van der Waals surface area (Å²) in [6, 6.07) is 11.1. The molecular formula is C38H37F4N3O5. The van der Waals surface area contributed by atoms with Crippen LogP contribution in [0.5, 0.6) is 5.75 Å². The number of carbonyl (C=O) groups excluding carboxylic acids is 1. The lowest BCUT2D eigenvalue weighted by atomic mass is 9.74. The number of para-hydroxylation sites is 1. The van der Waals surface area contributed by atoms with Gasteiger partial charge in [0.05, 0.1) is 29.9 Å². The van der Waals surface area contributed by atoms with E-state index in [1.807, 2.05) is 25.1 Å². The Labute approximate surface area is 286 Å². The van der Waals surface area contributed by atoms with Crippen LogP contribution < -0.4 is 4.74 Å². The molecule has 0 saturated carbocycles. The summed E-state index contributed by atoms with van der Waals surface area (Å²) in [6.45, 7) is 4.92. The Morgan fingerprint density at radius 3 is 2.74 bits per heavy atom. The summed E-state index contributed by atoms with van der Waals surface area (Å²) in [6.07, 6.45) is 4.00. The Bertz CT molecular complexity index is 2040. The highest BCUT2D eigenvalue weighted by Crippen LogP contribution is 2.45. The van der Waals surface area contributed by atoms with Gasteiger partial charge in [-0.15, -0.1) is 0 Å². The minimum Gasteiger partial charge on any atom is -0.493 e. The first-order chi connectivity index (χ1) is 24.2. The van der Waals surface area contributed by atoms with Gasteiger partial charge in [-0.3, -0.25) is 4.79 Å². The van der Waals surface area contributed by atoms with Crippen LogP contribution in [0, 0.1) is 23.3 Å². The number of hydrogen-bond donors (Lipinski definition) is 2. The zero-order valence-electron chi connectivity index (χ0n) is 27.7. The van der Waals surface area contributed by atoms with Crippen molar-refractivity contribution < 1.29 is 41.3 Å². The molecule has 50 heavy (non-hydrogen) atoms. The summed E-state index contributed by atoms with van der Waals surface area (Å²) >= 11 is 0. The van der Waals surface area contributed by atoms with Gasteiger partial charge >= 0.3 is 5.97 Å². The van der Waals surface area contributed by atoms with Crippen molar-refractivity contribution >= 4 is 16.9 Å². The number of nitrogens with zero attached hydrogens (tertiary/aromatic N) is 1. The third-order valence-electron chi connectivity index (χ3n) is 9.72. The standard InChI is InChI=1S/C38H37F4N3O5/c1-3-47-28(46)13-11-21-7-6-8-25-35(21)49-18-15-38(25,2)27-20-44-37(45-27)24-19-22(10-12-26(24)39)36(50-29-9-4-5-17-48-29)30-31(40)23-14-16-43-34(23)33(42)32(30)41/h6-8,10,12,14,16,19-20,29,36,43H,3-5,9,11,13,15,17-18H2,1-2H3,(H,44,45). The van der Waals surface area contributed by atoms with Crippen molar-refractivity contribution in [1.82, 2.24) is 15.0 Å². The van der Waals surface area contributed by atoms with Crippen LogP contribution in [0.3, 0.4) is 0 Å². The predicted octanol–water partition coefficient (Wildman–Crippen LogP) is 8.33. The monoisotopic (exact) mass is 691 g/mol. The first-order valence-electron chi connectivity index (χ1n) is 16.9. The second-order valence-corrected chi connectivity index (χ2v) is 12.8. The molecule has 0 spiro atoms. The minimum absolute atomic E-state index is 0.0370. The zero-order chi connectivity index (χ0) is 35.0. The molecule has 3 unspecified atom stereocenters. The quantitative estimate of drug-likeness (QED) is 0.0869. The summed E-state index contributed by atoms with van der Waals surface area (Å²) in [5, 5.41) is -0.135. The molecule has 5 aromatic rings. The van der Waals surface area contributed by atoms with Crippen LogP contribution in [0.25, 0.3) is 22.3 Å². The Hall–Kier alpha value is -4.68. The lowest BCUT2D eigenvalue weighted by Crippen LogP contribution is -2.32. The lowest BCUT2D eigenvalue weighted by Gasteiger charge is -2.36. The van der Waals surface area contributed by atoms with Gasteiger partial charge in [0.25, 0.3) is 0 Å². The second-order valence-electron chi connectivity index (χ2n) is 12.8. The smallest absolute Gasteiger partial charge is 0.306 e. The summed E-state index contributed by atoms with van der Waals surface area (Å²) in [7, 11) is 0. The average Bonchev–Trinajstić information content (AvgIpc) is 3.83. The third-order valence-corrected chi connectivity index (χ3v) is 9.72. The number of rotatable bonds is 10. The van der Waals surface area contributed by atoms with Gasteiger partial charge in [-0.2, -0.15) is 0 Å². The molecule has 2 aliphatic heterocycles. The zero-order valence-corrected chi connectivity index (χ0v) is 27.7. The van der Waals surface area contributed by atoms with Gasteiger partial charge in [-0.05, 0) is 75.3 Å². The number of aromatic nitrogens is 3. The molecule has 2 aromatic heterocycles. The number of ether oxygens (including phenoxy) is 4. The first-order valence-corrected chi connectivity index (χ1v) is 16.9. The first kappa shape index (κ1) is 33.8. The molecule has 1 saturated heterocycles. The van der Waals surface area contributed by atoms with Crippen molar-refractivity contribution in [3.8, 4) is 17.1 Å². The molecule has 2 aliphatic rings. The molecule has 3 aromatic carbocycles. The number of imidazole rings is 1. The number of nitrogens with one attached hydrogen (secondary N) is 2. The topological polar surface area (TPSA) is 98.5 Å². The molecule has 3 atom stereocenters. The number of benzene rings is 3. The molecule has 0 bridgehead atoms. The molecule has 0 aliphatic carbocycles. The number of halogens is 4. The highest BCUT2D eigenvalue weighted by Gasteiger charge is 2.38. The number of carbonyl (C=O) groups is 1. The van der Waals surface area contributed by atoms with Crippen molar-refractivity contribution in [2.75, 3.05) is 19.8 Å². The van der Waals surface area contributed by atoms with E-state index in [4.69, 9.17) is 18.9 Å². The normalized spacial score (nSPS) is 19.6. The van der Waals surface area contributed by atoms with Crippen molar-refractivity contribution in [2.45, 2.75) is 70.2 Å². The number of fused-ring (bicyclic) bond motifs is 2. The Balaban J connectivity index is 1.26. The number of hydrogen-bond acceptors (Lipinski definition) is 6. The number of H-pyrrole nitrogens is 2.